The quantitative estimate of drug-likeness (QED) is 0.853. The number of carboxylic acids is 1. The summed E-state index contributed by atoms with van der Waals surface area (Å²) < 4.78 is 5.83. The Morgan fingerprint density at radius 1 is 1.05 bits per heavy atom. The second-order valence-electron chi connectivity index (χ2n) is 6.75. The summed E-state index contributed by atoms with van der Waals surface area (Å²) in [5, 5.41) is 9.31. The van der Waals surface area contributed by atoms with Crippen molar-refractivity contribution < 1.29 is 14.6 Å². The van der Waals surface area contributed by atoms with Crippen molar-refractivity contribution in [1.29, 1.82) is 0 Å². The zero-order valence-corrected chi connectivity index (χ0v) is 12.9. The molecule has 0 aliphatic carbocycles. The molecule has 0 aromatic rings. The van der Waals surface area contributed by atoms with Crippen LogP contribution in [0.1, 0.15) is 44.9 Å². The highest BCUT2D eigenvalue weighted by Crippen LogP contribution is 2.26. The Labute approximate surface area is 127 Å². The van der Waals surface area contributed by atoms with Crippen LogP contribution in [0.4, 0.5) is 0 Å². The van der Waals surface area contributed by atoms with Gasteiger partial charge in [-0.2, -0.15) is 0 Å². The molecule has 3 aliphatic heterocycles. The summed E-state index contributed by atoms with van der Waals surface area (Å²) in [6.07, 6.45) is 8.21. The number of likely N-dealkylation sites (tertiary alicyclic amines) is 2. The van der Waals surface area contributed by atoms with Crippen molar-refractivity contribution in [2.75, 3.05) is 32.8 Å². The summed E-state index contributed by atoms with van der Waals surface area (Å²) in [4.78, 5) is 16.1. The van der Waals surface area contributed by atoms with Crippen LogP contribution in [0.2, 0.25) is 0 Å². The van der Waals surface area contributed by atoms with E-state index in [0.29, 0.717) is 12.1 Å². The monoisotopic (exact) mass is 296 g/mol. The van der Waals surface area contributed by atoms with E-state index in [2.05, 4.69) is 9.80 Å². The minimum atomic E-state index is -0.634. The van der Waals surface area contributed by atoms with E-state index in [9.17, 15) is 9.90 Å². The first-order valence-electron chi connectivity index (χ1n) is 8.56. The lowest BCUT2D eigenvalue weighted by Gasteiger charge is -2.39. The van der Waals surface area contributed by atoms with Gasteiger partial charge in [0.25, 0.3) is 0 Å². The Morgan fingerprint density at radius 3 is 2.52 bits per heavy atom. The number of hydrogen-bond donors (Lipinski definition) is 1. The lowest BCUT2D eigenvalue weighted by molar-refractivity contribution is -0.143. The van der Waals surface area contributed by atoms with Crippen LogP contribution in [0, 0.1) is 0 Å². The Hall–Kier alpha value is -0.650. The summed E-state index contributed by atoms with van der Waals surface area (Å²) in [6.45, 7) is 5.14. The lowest BCUT2D eigenvalue weighted by Crippen LogP contribution is -2.50. The van der Waals surface area contributed by atoms with Crippen molar-refractivity contribution >= 4 is 5.97 Å². The standard InChI is InChI=1S/C16H28N2O3/c19-16(20)15-5-3-8-18(15)13-6-9-17(10-7-13)12-14-4-1-2-11-21-14/h13-15H,1-12H2,(H,19,20). The van der Waals surface area contributed by atoms with E-state index in [4.69, 9.17) is 4.74 Å². The van der Waals surface area contributed by atoms with Crippen LogP contribution >= 0.6 is 0 Å². The molecular formula is C16H28N2O3. The SMILES string of the molecule is O=C(O)C1CCCN1C1CCN(CC2CCCCO2)CC1. The molecule has 0 radical (unpaired) electrons. The molecule has 120 valence electrons. The van der Waals surface area contributed by atoms with Crippen LogP contribution in [0.25, 0.3) is 0 Å². The van der Waals surface area contributed by atoms with E-state index in [-0.39, 0.29) is 6.04 Å². The topological polar surface area (TPSA) is 53.0 Å². The third-order valence-corrected chi connectivity index (χ3v) is 5.34. The molecule has 0 spiro atoms. The number of ether oxygens (including phenoxy) is 1. The second kappa shape index (κ2) is 7.07. The maximum Gasteiger partial charge on any atom is 0.320 e. The Kier molecular flexibility index (Phi) is 5.14. The fraction of sp³-hybridized carbons (Fsp3) is 0.938. The van der Waals surface area contributed by atoms with Crippen molar-refractivity contribution in [3.63, 3.8) is 0 Å². The Bertz CT molecular complexity index is 349. The van der Waals surface area contributed by atoms with Crippen LogP contribution in [-0.4, -0.2) is 71.8 Å². The first-order valence-corrected chi connectivity index (χ1v) is 8.56. The normalized spacial score (nSPS) is 33.3. The van der Waals surface area contributed by atoms with Crippen molar-refractivity contribution in [1.82, 2.24) is 9.80 Å². The Balaban J connectivity index is 1.45. The van der Waals surface area contributed by atoms with Gasteiger partial charge in [-0.3, -0.25) is 9.69 Å². The molecule has 0 bridgehead atoms. The first kappa shape index (κ1) is 15.3. The van der Waals surface area contributed by atoms with E-state index >= 15 is 0 Å². The van der Waals surface area contributed by atoms with Gasteiger partial charge < -0.3 is 14.7 Å². The van der Waals surface area contributed by atoms with Crippen LogP contribution in [-0.2, 0) is 9.53 Å². The molecule has 3 saturated heterocycles. The average molecular weight is 296 g/mol. The third-order valence-electron chi connectivity index (χ3n) is 5.34. The van der Waals surface area contributed by atoms with Crippen molar-refractivity contribution in [3.8, 4) is 0 Å². The predicted octanol–water partition coefficient (Wildman–Crippen LogP) is 1.57. The minimum absolute atomic E-state index is 0.233. The van der Waals surface area contributed by atoms with Gasteiger partial charge in [0, 0.05) is 19.2 Å². The first-order chi connectivity index (χ1) is 10.2. The summed E-state index contributed by atoms with van der Waals surface area (Å²) in [6, 6.07) is 0.236. The zero-order chi connectivity index (χ0) is 14.7. The van der Waals surface area contributed by atoms with Gasteiger partial charge in [-0.05, 0) is 64.6 Å². The number of piperidine rings is 1. The fourth-order valence-electron chi connectivity index (χ4n) is 4.16. The molecular weight excluding hydrogens is 268 g/mol. The van der Waals surface area contributed by atoms with Gasteiger partial charge in [0.2, 0.25) is 0 Å². The van der Waals surface area contributed by atoms with Crippen molar-refractivity contribution in [2.24, 2.45) is 0 Å². The van der Waals surface area contributed by atoms with Crippen LogP contribution in [0.3, 0.4) is 0 Å². The van der Waals surface area contributed by atoms with E-state index in [1.165, 1.54) is 19.3 Å². The number of carboxylic acid groups (broad SMARTS) is 1. The summed E-state index contributed by atoms with van der Waals surface area (Å²) in [5.41, 5.74) is 0. The molecule has 0 amide bonds. The van der Waals surface area contributed by atoms with Crippen molar-refractivity contribution in [3.05, 3.63) is 0 Å². The molecule has 5 nitrogen and oxygen atoms in total. The molecule has 5 heteroatoms. The van der Waals surface area contributed by atoms with Gasteiger partial charge in [-0.1, -0.05) is 0 Å². The van der Waals surface area contributed by atoms with E-state index in [0.717, 1.165) is 58.5 Å². The maximum absolute atomic E-state index is 11.3. The summed E-state index contributed by atoms with van der Waals surface area (Å²) >= 11 is 0. The average Bonchev–Trinajstić information content (AvgIpc) is 2.99. The number of aliphatic carboxylic acids is 1. The number of hydrogen-bond acceptors (Lipinski definition) is 4. The molecule has 21 heavy (non-hydrogen) atoms. The van der Waals surface area contributed by atoms with Crippen LogP contribution < -0.4 is 0 Å². The molecule has 3 aliphatic rings. The highest BCUT2D eigenvalue weighted by atomic mass is 16.5. The maximum atomic E-state index is 11.3. The number of rotatable bonds is 4. The molecule has 1 N–H and O–H groups in total. The van der Waals surface area contributed by atoms with Gasteiger partial charge in [-0.15, -0.1) is 0 Å². The van der Waals surface area contributed by atoms with Gasteiger partial charge in [0.05, 0.1) is 6.10 Å². The fourth-order valence-corrected chi connectivity index (χ4v) is 4.16. The van der Waals surface area contributed by atoms with E-state index < -0.39 is 5.97 Å². The molecule has 3 fully saturated rings. The number of nitrogens with zero attached hydrogens (tertiary/aromatic N) is 2. The highest BCUT2D eigenvalue weighted by molar-refractivity contribution is 5.73. The minimum Gasteiger partial charge on any atom is -0.480 e. The summed E-state index contributed by atoms with van der Waals surface area (Å²) in [7, 11) is 0. The largest absolute Gasteiger partial charge is 0.480 e. The smallest absolute Gasteiger partial charge is 0.320 e. The lowest BCUT2D eigenvalue weighted by atomic mass is 10.0. The Morgan fingerprint density at radius 2 is 1.86 bits per heavy atom. The predicted molar refractivity (Wildman–Crippen MR) is 80.4 cm³/mol. The second-order valence-corrected chi connectivity index (χ2v) is 6.75. The molecule has 3 rings (SSSR count). The van der Waals surface area contributed by atoms with Crippen LogP contribution in [0.15, 0.2) is 0 Å². The van der Waals surface area contributed by atoms with E-state index in [1.807, 2.05) is 0 Å². The third kappa shape index (κ3) is 3.76. The van der Waals surface area contributed by atoms with Gasteiger partial charge in [-0.25, -0.2) is 0 Å². The van der Waals surface area contributed by atoms with Gasteiger partial charge in [0.15, 0.2) is 0 Å². The van der Waals surface area contributed by atoms with Crippen molar-refractivity contribution in [2.45, 2.75) is 63.1 Å². The summed E-state index contributed by atoms with van der Waals surface area (Å²) in [5.74, 6) is -0.634. The number of carbonyl (C=O) groups is 1. The molecule has 3 heterocycles. The molecule has 0 aromatic heterocycles. The zero-order valence-electron chi connectivity index (χ0n) is 12.9. The molecule has 2 atom stereocenters. The molecule has 2 unspecified atom stereocenters. The van der Waals surface area contributed by atoms with Gasteiger partial charge in [0.1, 0.15) is 6.04 Å². The van der Waals surface area contributed by atoms with Gasteiger partial charge >= 0.3 is 5.97 Å². The van der Waals surface area contributed by atoms with E-state index in [1.54, 1.807) is 0 Å². The molecule has 0 aromatic carbocycles. The molecule has 0 saturated carbocycles. The highest BCUT2D eigenvalue weighted by Gasteiger charge is 2.36. The van der Waals surface area contributed by atoms with Crippen LogP contribution in [0.5, 0.6) is 0 Å².